The molecule has 0 fully saturated rings. The van der Waals surface area contributed by atoms with Crippen molar-refractivity contribution in [2.75, 3.05) is 19.0 Å². The Morgan fingerprint density at radius 1 is 1.29 bits per heavy atom. The van der Waals surface area contributed by atoms with Gasteiger partial charge < -0.3 is 10.6 Å². The summed E-state index contributed by atoms with van der Waals surface area (Å²) in [5, 5.41) is 8.52. The van der Waals surface area contributed by atoms with Crippen LogP contribution in [0.5, 0.6) is 0 Å². The first-order valence-electron chi connectivity index (χ1n) is 5.42. The predicted octanol–water partition coefficient (Wildman–Crippen LogP) is 1.89. The number of anilines is 1. The minimum atomic E-state index is 0.0709. The van der Waals surface area contributed by atoms with Gasteiger partial charge in [-0.25, -0.2) is 0 Å². The number of aryl methyl sites for hydroxylation is 1. The zero-order chi connectivity index (χ0) is 12.6. The number of benzene rings is 1. The second-order valence-corrected chi connectivity index (χ2v) is 4.32. The zero-order valence-corrected chi connectivity index (χ0v) is 10.3. The Morgan fingerprint density at radius 2 is 2.00 bits per heavy atom. The summed E-state index contributed by atoms with van der Waals surface area (Å²) in [6, 6.07) is 7.73. The first-order valence-corrected chi connectivity index (χ1v) is 5.42. The van der Waals surface area contributed by atoms with E-state index < -0.39 is 0 Å². The lowest BCUT2D eigenvalue weighted by Gasteiger charge is -2.16. The molecule has 0 aliphatic rings. The van der Waals surface area contributed by atoms with Gasteiger partial charge in [0.15, 0.2) is 0 Å². The number of nitrogens with one attached hydrogen (secondary N) is 1. The van der Waals surface area contributed by atoms with Gasteiger partial charge in [-0.2, -0.15) is 0 Å². The molecule has 0 unspecified atom stereocenters. The summed E-state index contributed by atoms with van der Waals surface area (Å²) in [4.78, 5) is 6.54. The number of nitrogens with two attached hydrogens (primary N) is 1. The van der Waals surface area contributed by atoms with Crippen molar-refractivity contribution >= 4 is 22.4 Å². The van der Waals surface area contributed by atoms with Gasteiger partial charge in [0, 0.05) is 36.4 Å². The molecule has 1 aromatic carbocycles. The lowest BCUT2D eigenvalue weighted by molar-refractivity contribution is 1.12. The van der Waals surface area contributed by atoms with Crippen LogP contribution in [0.4, 0.5) is 5.69 Å². The summed E-state index contributed by atoms with van der Waals surface area (Å²) >= 11 is 0. The number of rotatable bonds is 2. The number of hydrogen-bond donors (Lipinski definition) is 2. The molecular formula is C13H16N4. The summed E-state index contributed by atoms with van der Waals surface area (Å²) < 4.78 is 0. The highest BCUT2D eigenvalue weighted by Crippen LogP contribution is 2.25. The van der Waals surface area contributed by atoms with Crippen molar-refractivity contribution in [3.05, 3.63) is 35.5 Å². The fourth-order valence-electron chi connectivity index (χ4n) is 1.88. The van der Waals surface area contributed by atoms with Crippen molar-refractivity contribution in [3.63, 3.8) is 0 Å². The molecule has 2 aromatic rings. The highest BCUT2D eigenvalue weighted by molar-refractivity contribution is 6.00. The number of aromatic nitrogens is 1. The van der Waals surface area contributed by atoms with E-state index in [1.165, 1.54) is 0 Å². The minimum absolute atomic E-state index is 0.0709. The fourth-order valence-corrected chi connectivity index (χ4v) is 1.88. The van der Waals surface area contributed by atoms with Gasteiger partial charge in [0.05, 0.1) is 5.52 Å². The number of pyridine rings is 1. The molecule has 0 aliphatic carbocycles. The Bertz CT molecular complexity index is 587. The summed E-state index contributed by atoms with van der Waals surface area (Å²) in [6.45, 7) is 1.97. The van der Waals surface area contributed by atoms with Crippen LogP contribution in [0, 0.1) is 12.3 Å². The molecule has 0 bridgehead atoms. The Kier molecular flexibility index (Phi) is 2.71. The standard InChI is InChI=1S/C13H16N4/c1-8-6-12(17(2)3)10-5-4-9(13(14)15)7-11(10)16-8/h4-7H,1-3H3,(H3,14,15). The number of fused-ring (bicyclic) bond motifs is 1. The smallest absolute Gasteiger partial charge is 0.122 e. The third-order valence-electron chi connectivity index (χ3n) is 2.71. The number of hydrogen-bond acceptors (Lipinski definition) is 3. The van der Waals surface area contributed by atoms with Gasteiger partial charge in [-0.1, -0.05) is 6.07 Å². The molecule has 17 heavy (non-hydrogen) atoms. The summed E-state index contributed by atoms with van der Waals surface area (Å²) in [5.41, 5.74) is 9.16. The molecule has 4 nitrogen and oxygen atoms in total. The van der Waals surface area contributed by atoms with E-state index in [1.807, 2.05) is 39.2 Å². The molecule has 2 rings (SSSR count). The summed E-state index contributed by atoms with van der Waals surface area (Å²) in [5.74, 6) is 0.0709. The lowest BCUT2D eigenvalue weighted by Crippen LogP contribution is -2.12. The number of nitrogens with zero attached hydrogens (tertiary/aromatic N) is 2. The highest BCUT2D eigenvalue weighted by Gasteiger charge is 2.07. The van der Waals surface area contributed by atoms with E-state index in [1.54, 1.807) is 0 Å². The molecule has 4 heteroatoms. The van der Waals surface area contributed by atoms with E-state index in [0.29, 0.717) is 5.56 Å². The largest absolute Gasteiger partial charge is 0.384 e. The maximum Gasteiger partial charge on any atom is 0.122 e. The van der Waals surface area contributed by atoms with Crippen molar-refractivity contribution in [2.45, 2.75) is 6.92 Å². The average Bonchev–Trinajstić information content (AvgIpc) is 2.26. The van der Waals surface area contributed by atoms with Gasteiger partial charge in [-0.3, -0.25) is 10.4 Å². The van der Waals surface area contributed by atoms with E-state index in [-0.39, 0.29) is 5.84 Å². The number of nitrogen functional groups attached to an aromatic ring is 1. The predicted molar refractivity (Wildman–Crippen MR) is 71.8 cm³/mol. The average molecular weight is 228 g/mol. The SMILES string of the molecule is Cc1cc(N(C)C)c2ccc(C(=N)N)cc2n1. The Labute approximate surface area is 101 Å². The Balaban J connectivity index is 2.75. The molecule has 0 radical (unpaired) electrons. The molecule has 0 atom stereocenters. The van der Waals surface area contributed by atoms with Crippen molar-refractivity contribution < 1.29 is 0 Å². The van der Waals surface area contributed by atoms with Crippen LogP contribution in [-0.4, -0.2) is 24.9 Å². The van der Waals surface area contributed by atoms with Crippen LogP contribution >= 0.6 is 0 Å². The van der Waals surface area contributed by atoms with Gasteiger partial charge in [-0.15, -0.1) is 0 Å². The van der Waals surface area contributed by atoms with E-state index in [0.717, 1.165) is 22.3 Å². The second-order valence-electron chi connectivity index (χ2n) is 4.32. The first-order chi connectivity index (χ1) is 7.99. The molecule has 3 N–H and O–H groups in total. The number of amidine groups is 1. The van der Waals surface area contributed by atoms with E-state index >= 15 is 0 Å². The monoisotopic (exact) mass is 228 g/mol. The fraction of sp³-hybridized carbons (Fsp3) is 0.231. The van der Waals surface area contributed by atoms with Crippen LogP contribution < -0.4 is 10.6 Å². The van der Waals surface area contributed by atoms with Gasteiger partial charge in [0.1, 0.15) is 5.84 Å². The van der Waals surface area contributed by atoms with Crippen molar-refractivity contribution in [1.82, 2.24) is 4.98 Å². The quantitative estimate of drug-likeness (QED) is 0.609. The lowest BCUT2D eigenvalue weighted by atomic mass is 10.1. The van der Waals surface area contributed by atoms with E-state index in [4.69, 9.17) is 11.1 Å². The van der Waals surface area contributed by atoms with Crippen LogP contribution in [-0.2, 0) is 0 Å². The second kappa shape index (κ2) is 4.05. The van der Waals surface area contributed by atoms with Crippen molar-refractivity contribution in [2.24, 2.45) is 5.73 Å². The molecule has 1 aromatic heterocycles. The minimum Gasteiger partial charge on any atom is -0.384 e. The maximum absolute atomic E-state index is 7.44. The molecule has 0 amide bonds. The first kappa shape index (κ1) is 11.4. The Hall–Kier alpha value is -2.10. The van der Waals surface area contributed by atoms with Crippen molar-refractivity contribution in [3.8, 4) is 0 Å². The molecule has 0 aliphatic heterocycles. The van der Waals surface area contributed by atoms with Gasteiger partial charge in [-0.05, 0) is 25.1 Å². The van der Waals surface area contributed by atoms with Crippen LogP contribution in [0.1, 0.15) is 11.3 Å². The summed E-state index contributed by atoms with van der Waals surface area (Å²) in [7, 11) is 4.01. The highest BCUT2D eigenvalue weighted by atomic mass is 15.1. The normalized spacial score (nSPS) is 10.5. The molecule has 0 saturated heterocycles. The molecular weight excluding hydrogens is 212 g/mol. The molecule has 88 valence electrons. The van der Waals surface area contributed by atoms with Crippen LogP contribution in [0.3, 0.4) is 0 Å². The van der Waals surface area contributed by atoms with E-state index in [2.05, 4.69) is 16.0 Å². The van der Waals surface area contributed by atoms with Gasteiger partial charge in [0.2, 0.25) is 0 Å². The zero-order valence-electron chi connectivity index (χ0n) is 10.3. The summed E-state index contributed by atoms with van der Waals surface area (Å²) in [6.07, 6.45) is 0. The Morgan fingerprint density at radius 3 is 2.59 bits per heavy atom. The van der Waals surface area contributed by atoms with Gasteiger partial charge in [0.25, 0.3) is 0 Å². The third kappa shape index (κ3) is 2.06. The van der Waals surface area contributed by atoms with Crippen molar-refractivity contribution in [1.29, 1.82) is 5.41 Å². The topological polar surface area (TPSA) is 66.0 Å². The van der Waals surface area contributed by atoms with Crippen LogP contribution in [0.25, 0.3) is 10.9 Å². The van der Waals surface area contributed by atoms with Gasteiger partial charge >= 0.3 is 0 Å². The van der Waals surface area contributed by atoms with Crippen LogP contribution in [0.15, 0.2) is 24.3 Å². The maximum atomic E-state index is 7.44. The third-order valence-corrected chi connectivity index (χ3v) is 2.71. The molecule has 0 spiro atoms. The van der Waals surface area contributed by atoms with Crippen LogP contribution in [0.2, 0.25) is 0 Å². The molecule has 1 heterocycles. The van der Waals surface area contributed by atoms with E-state index in [9.17, 15) is 0 Å². The molecule has 0 saturated carbocycles.